The third kappa shape index (κ3) is 3.52. The highest BCUT2D eigenvalue weighted by molar-refractivity contribution is 6.04. The predicted octanol–water partition coefficient (Wildman–Crippen LogP) is 3.42. The minimum atomic E-state index is -0.206. The predicted molar refractivity (Wildman–Crippen MR) is 98.0 cm³/mol. The van der Waals surface area contributed by atoms with E-state index in [0.717, 1.165) is 16.9 Å². The quantitative estimate of drug-likeness (QED) is 0.766. The zero-order valence-electron chi connectivity index (χ0n) is 14.5. The number of aromatic nitrogens is 2. The molecule has 6 nitrogen and oxygen atoms in total. The van der Waals surface area contributed by atoms with E-state index < -0.39 is 0 Å². The summed E-state index contributed by atoms with van der Waals surface area (Å²) in [7, 11) is 0. The minimum Gasteiger partial charge on any atom is -0.326 e. The lowest BCUT2D eigenvalue weighted by molar-refractivity contribution is -0.114. The Morgan fingerprint density at radius 1 is 1.04 bits per heavy atom. The minimum absolute atomic E-state index is 0.134. The molecule has 6 heteroatoms. The molecule has 2 amide bonds. The molecule has 3 rings (SSSR count). The second kappa shape index (κ2) is 6.76. The Kier molecular flexibility index (Phi) is 4.52. The van der Waals surface area contributed by atoms with E-state index in [0.29, 0.717) is 23.5 Å². The number of imidazole rings is 1. The summed E-state index contributed by atoms with van der Waals surface area (Å²) in [5, 5.41) is 5.59. The molecular weight excluding hydrogens is 316 g/mol. The first kappa shape index (κ1) is 16.7. The Balaban J connectivity index is 1.89. The van der Waals surface area contributed by atoms with Gasteiger partial charge in [0.05, 0.1) is 5.69 Å². The zero-order valence-corrected chi connectivity index (χ0v) is 14.5. The lowest BCUT2D eigenvalue weighted by Crippen LogP contribution is -2.16. The standard InChI is InChI=1S/C19H20N4O2/c1-4-16-18(23-11-12(2)5-10-17(23)22-16)19(25)21-15-8-6-14(7-9-15)20-13(3)24/h5-11H,4H2,1-3H3,(H,20,24)(H,21,25). The monoisotopic (exact) mass is 336 g/mol. The number of hydrogen-bond donors (Lipinski definition) is 2. The summed E-state index contributed by atoms with van der Waals surface area (Å²) in [5.74, 6) is -0.340. The maximum atomic E-state index is 12.8. The van der Waals surface area contributed by atoms with Crippen LogP contribution in [0.15, 0.2) is 42.6 Å². The van der Waals surface area contributed by atoms with Crippen LogP contribution in [-0.4, -0.2) is 21.2 Å². The van der Waals surface area contributed by atoms with Crippen molar-refractivity contribution in [2.45, 2.75) is 27.2 Å². The first-order valence-electron chi connectivity index (χ1n) is 8.14. The number of nitrogens with one attached hydrogen (secondary N) is 2. The van der Waals surface area contributed by atoms with Gasteiger partial charge in [0.1, 0.15) is 11.3 Å². The van der Waals surface area contributed by atoms with Crippen LogP contribution in [0.4, 0.5) is 11.4 Å². The van der Waals surface area contributed by atoms with Gasteiger partial charge in [-0.25, -0.2) is 4.98 Å². The number of nitrogens with zero attached hydrogens (tertiary/aromatic N) is 2. The number of benzene rings is 1. The van der Waals surface area contributed by atoms with Crippen molar-refractivity contribution in [3.05, 3.63) is 59.5 Å². The summed E-state index contributed by atoms with van der Waals surface area (Å²) in [5.41, 5.74) is 4.47. The molecule has 0 saturated heterocycles. The van der Waals surface area contributed by atoms with Gasteiger partial charge < -0.3 is 10.6 Å². The maximum Gasteiger partial charge on any atom is 0.274 e. The van der Waals surface area contributed by atoms with E-state index >= 15 is 0 Å². The molecule has 0 saturated carbocycles. The lowest BCUT2D eigenvalue weighted by atomic mass is 10.2. The van der Waals surface area contributed by atoms with E-state index in [2.05, 4.69) is 15.6 Å². The van der Waals surface area contributed by atoms with Gasteiger partial charge in [0.2, 0.25) is 5.91 Å². The molecular formula is C19H20N4O2. The Hall–Kier alpha value is -3.15. The molecule has 0 unspecified atom stereocenters. The normalized spacial score (nSPS) is 10.7. The van der Waals surface area contributed by atoms with Crippen molar-refractivity contribution in [1.82, 2.24) is 9.38 Å². The van der Waals surface area contributed by atoms with Gasteiger partial charge in [0.15, 0.2) is 0 Å². The molecule has 0 spiro atoms. The number of carbonyl (C=O) groups is 2. The van der Waals surface area contributed by atoms with E-state index in [1.54, 1.807) is 24.3 Å². The fraction of sp³-hybridized carbons (Fsp3) is 0.211. The number of anilines is 2. The Labute approximate surface area is 145 Å². The smallest absolute Gasteiger partial charge is 0.274 e. The van der Waals surface area contributed by atoms with Crippen molar-refractivity contribution in [2.75, 3.05) is 10.6 Å². The van der Waals surface area contributed by atoms with Crippen molar-refractivity contribution < 1.29 is 9.59 Å². The number of fused-ring (bicyclic) bond motifs is 1. The van der Waals surface area contributed by atoms with Crippen LogP contribution in [-0.2, 0) is 11.2 Å². The molecule has 0 bridgehead atoms. The average molecular weight is 336 g/mol. The summed E-state index contributed by atoms with van der Waals surface area (Å²) in [6.07, 6.45) is 2.58. The molecule has 0 aliphatic carbocycles. The van der Waals surface area contributed by atoms with Gasteiger partial charge >= 0.3 is 0 Å². The highest BCUT2D eigenvalue weighted by Crippen LogP contribution is 2.18. The zero-order chi connectivity index (χ0) is 18.0. The molecule has 0 radical (unpaired) electrons. The van der Waals surface area contributed by atoms with Gasteiger partial charge in [-0.2, -0.15) is 0 Å². The molecule has 0 aliphatic rings. The van der Waals surface area contributed by atoms with Crippen LogP contribution in [0.3, 0.4) is 0 Å². The van der Waals surface area contributed by atoms with Crippen LogP contribution in [0.5, 0.6) is 0 Å². The van der Waals surface area contributed by atoms with Crippen LogP contribution >= 0.6 is 0 Å². The van der Waals surface area contributed by atoms with E-state index in [1.165, 1.54) is 6.92 Å². The molecule has 1 aromatic carbocycles. The Morgan fingerprint density at radius 3 is 2.28 bits per heavy atom. The number of rotatable bonds is 4. The highest BCUT2D eigenvalue weighted by Gasteiger charge is 2.18. The van der Waals surface area contributed by atoms with Crippen molar-refractivity contribution in [1.29, 1.82) is 0 Å². The summed E-state index contributed by atoms with van der Waals surface area (Å²) >= 11 is 0. The molecule has 25 heavy (non-hydrogen) atoms. The summed E-state index contributed by atoms with van der Waals surface area (Å²) in [4.78, 5) is 28.4. The van der Waals surface area contributed by atoms with Crippen molar-refractivity contribution in [3.8, 4) is 0 Å². The van der Waals surface area contributed by atoms with Crippen molar-refractivity contribution in [2.24, 2.45) is 0 Å². The fourth-order valence-electron chi connectivity index (χ4n) is 2.72. The van der Waals surface area contributed by atoms with Crippen LogP contribution in [0.25, 0.3) is 5.65 Å². The van der Waals surface area contributed by atoms with E-state index in [-0.39, 0.29) is 11.8 Å². The molecule has 128 valence electrons. The van der Waals surface area contributed by atoms with E-state index in [9.17, 15) is 9.59 Å². The average Bonchev–Trinajstić information content (AvgIpc) is 2.94. The highest BCUT2D eigenvalue weighted by atomic mass is 16.2. The largest absolute Gasteiger partial charge is 0.326 e. The van der Waals surface area contributed by atoms with Gasteiger partial charge in [0, 0.05) is 24.5 Å². The van der Waals surface area contributed by atoms with Gasteiger partial charge in [-0.05, 0) is 49.2 Å². The van der Waals surface area contributed by atoms with Crippen LogP contribution in [0.2, 0.25) is 0 Å². The van der Waals surface area contributed by atoms with Gasteiger partial charge in [0.25, 0.3) is 5.91 Å². The summed E-state index contributed by atoms with van der Waals surface area (Å²) < 4.78 is 1.83. The van der Waals surface area contributed by atoms with E-state index in [4.69, 9.17) is 0 Å². The van der Waals surface area contributed by atoms with Gasteiger partial charge in [-0.1, -0.05) is 13.0 Å². The SMILES string of the molecule is CCc1nc2ccc(C)cn2c1C(=O)Nc1ccc(NC(C)=O)cc1. The molecule has 0 aliphatic heterocycles. The van der Waals surface area contributed by atoms with Crippen LogP contribution < -0.4 is 10.6 Å². The summed E-state index contributed by atoms with van der Waals surface area (Å²) in [6, 6.07) is 10.9. The second-order valence-electron chi connectivity index (χ2n) is 5.91. The molecule has 2 N–H and O–H groups in total. The molecule has 0 fully saturated rings. The first-order valence-corrected chi connectivity index (χ1v) is 8.14. The lowest BCUT2D eigenvalue weighted by Gasteiger charge is -2.08. The number of carbonyl (C=O) groups excluding carboxylic acids is 2. The Morgan fingerprint density at radius 2 is 1.68 bits per heavy atom. The van der Waals surface area contributed by atoms with Crippen LogP contribution in [0, 0.1) is 6.92 Å². The fourth-order valence-corrected chi connectivity index (χ4v) is 2.72. The number of pyridine rings is 1. The topological polar surface area (TPSA) is 75.5 Å². The van der Waals surface area contributed by atoms with Crippen molar-refractivity contribution in [3.63, 3.8) is 0 Å². The molecule has 3 aromatic rings. The molecule has 0 atom stereocenters. The van der Waals surface area contributed by atoms with Gasteiger partial charge in [-0.3, -0.25) is 14.0 Å². The second-order valence-corrected chi connectivity index (χ2v) is 5.91. The number of hydrogen-bond acceptors (Lipinski definition) is 3. The maximum absolute atomic E-state index is 12.8. The number of aryl methyl sites for hydroxylation is 2. The number of amides is 2. The Bertz CT molecular complexity index is 942. The van der Waals surface area contributed by atoms with Gasteiger partial charge in [-0.15, -0.1) is 0 Å². The van der Waals surface area contributed by atoms with E-state index in [1.807, 2.05) is 36.6 Å². The third-order valence-electron chi connectivity index (χ3n) is 3.85. The molecule has 2 heterocycles. The first-order chi connectivity index (χ1) is 12.0. The third-order valence-corrected chi connectivity index (χ3v) is 3.85. The summed E-state index contributed by atoms with van der Waals surface area (Å²) in [6.45, 7) is 5.41. The molecule has 2 aromatic heterocycles. The van der Waals surface area contributed by atoms with Crippen LogP contribution in [0.1, 0.15) is 35.6 Å². The van der Waals surface area contributed by atoms with Crippen molar-refractivity contribution >= 4 is 28.8 Å².